The predicted octanol–water partition coefficient (Wildman–Crippen LogP) is 5.41. The second-order valence-electron chi connectivity index (χ2n) is 8.60. The van der Waals surface area contributed by atoms with Crippen molar-refractivity contribution in [3.8, 4) is 5.75 Å². The molecule has 0 aliphatic carbocycles. The lowest BCUT2D eigenvalue weighted by Crippen LogP contribution is -2.47. The summed E-state index contributed by atoms with van der Waals surface area (Å²) in [6.07, 6.45) is -3.99. The van der Waals surface area contributed by atoms with Gasteiger partial charge in [-0.05, 0) is 75.1 Å². The van der Waals surface area contributed by atoms with Crippen LogP contribution >= 0.6 is 0 Å². The summed E-state index contributed by atoms with van der Waals surface area (Å²) < 4.78 is 93.2. The number of hydrogen-bond acceptors (Lipinski definition) is 4. The Labute approximate surface area is 194 Å². The molecule has 0 saturated carbocycles. The van der Waals surface area contributed by atoms with Crippen LogP contribution in [0, 0.1) is 5.92 Å². The second-order valence-corrected chi connectivity index (χ2v) is 11.1. The van der Waals surface area contributed by atoms with Gasteiger partial charge in [-0.3, -0.25) is 4.79 Å². The molecule has 0 bridgehead atoms. The fraction of sp³-hybridized carbons (Fsp3) is 0.435. The standard InChI is InChI=1S/C23H24F5NO4S/c1-22(2,34(31,32)19-5-3-4-17(14-19)23(26,27)28)16-10-12-29(13-11-16)20(30)15-6-8-18(9-7-15)33-21(24)25/h3-9,14,16,21H,10-13H2,1-2H3. The number of amides is 1. The van der Waals surface area contributed by atoms with Crippen LogP contribution in [0.4, 0.5) is 22.0 Å². The Kier molecular flexibility index (Phi) is 7.26. The maximum absolute atomic E-state index is 13.3. The van der Waals surface area contributed by atoms with Gasteiger partial charge in [0.15, 0.2) is 9.84 Å². The molecular weight excluding hydrogens is 481 g/mol. The Morgan fingerprint density at radius 1 is 1.03 bits per heavy atom. The number of alkyl halides is 5. The van der Waals surface area contributed by atoms with Crippen LogP contribution in [0.25, 0.3) is 0 Å². The highest BCUT2D eigenvalue weighted by Gasteiger charge is 2.45. The van der Waals surface area contributed by atoms with Crippen molar-refractivity contribution in [3.63, 3.8) is 0 Å². The first-order valence-electron chi connectivity index (χ1n) is 10.5. The lowest BCUT2D eigenvalue weighted by atomic mass is 9.85. The van der Waals surface area contributed by atoms with Gasteiger partial charge in [0.1, 0.15) is 5.75 Å². The monoisotopic (exact) mass is 505 g/mol. The highest BCUT2D eigenvalue weighted by molar-refractivity contribution is 7.92. The van der Waals surface area contributed by atoms with Crippen molar-refractivity contribution < 1.29 is 39.9 Å². The molecule has 186 valence electrons. The minimum Gasteiger partial charge on any atom is -0.435 e. The quantitative estimate of drug-likeness (QED) is 0.493. The van der Waals surface area contributed by atoms with Crippen LogP contribution in [0.15, 0.2) is 53.4 Å². The van der Waals surface area contributed by atoms with Crippen LogP contribution in [0.1, 0.15) is 42.6 Å². The van der Waals surface area contributed by atoms with Crippen molar-refractivity contribution in [1.82, 2.24) is 4.90 Å². The Bertz CT molecular complexity index is 1120. The van der Waals surface area contributed by atoms with Crippen molar-refractivity contribution in [2.45, 2.75) is 49.1 Å². The highest BCUT2D eigenvalue weighted by atomic mass is 32.2. The van der Waals surface area contributed by atoms with E-state index in [1.165, 1.54) is 43.0 Å². The molecule has 11 heteroatoms. The summed E-state index contributed by atoms with van der Waals surface area (Å²) in [6.45, 7) is 0.510. The van der Waals surface area contributed by atoms with Gasteiger partial charge < -0.3 is 9.64 Å². The van der Waals surface area contributed by atoms with E-state index in [0.29, 0.717) is 18.9 Å². The fourth-order valence-electron chi connectivity index (χ4n) is 4.10. The van der Waals surface area contributed by atoms with Crippen LogP contribution in [-0.4, -0.2) is 43.7 Å². The van der Waals surface area contributed by atoms with E-state index in [1.807, 2.05) is 0 Å². The summed E-state index contributed by atoms with van der Waals surface area (Å²) in [4.78, 5) is 13.9. The lowest BCUT2D eigenvalue weighted by molar-refractivity contribution is -0.137. The molecule has 0 spiro atoms. The molecule has 0 unspecified atom stereocenters. The Hall–Kier alpha value is -2.69. The maximum Gasteiger partial charge on any atom is 0.416 e. The summed E-state index contributed by atoms with van der Waals surface area (Å²) >= 11 is 0. The number of hydrogen-bond donors (Lipinski definition) is 0. The molecule has 2 aromatic rings. The molecule has 1 amide bonds. The third kappa shape index (κ3) is 5.34. The van der Waals surface area contributed by atoms with E-state index >= 15 is 0 Å². The van der Waals surface area contributed by atoms with Crippen molar-refractivity contribution >= 4 is 15.7 Å². The summed E-state index contributed by atoms with van der Waals surface area (Å²) in [5.41, 5.74) is -0.759. The van der Waals surface area contributed by atoms with Gasteiger partial charge in [0.2, 0.25) is 0 Å². The van der Waals surface area contributed by atoms with Crippen LogP contribution in [-0.2, 0) is 16.0 Å². The van der Waals surface area contributed by atoms with Gasteiger partial charge in [-0.2, -0.15) is 22.0 Å². The first-order chi connectivity index (χ1) is 15.7. The van der Waals surface area contributed by atoms with E-state index in [0.717, 1.165) is 18.2 Å². The average molecular weight is 506 g/mol. The fourth-order valence-corrected chi connectivity index (χ4v) is 5.92. The third-order valence-corrected chi connectivity index (χ3v) is 8.85. The SMILES string of the molecule is CC(C)(C1CCN(C(=O)c2ccc(OC(F)F)cc2)CC1)S(=O)(=O)c1cccc(C(F)(F)F)c1. The van der Waals surface area contributed by atoms with Crippen molar-refractivity contribution in [1.29, 1.82) is 0 Å². The number of piperidine rings is 1. The molecule has 0 atom stereocenters. The summed E-state index contributed by atoms with van der Waals surface area (Å²) in [5.74, 6) is -0.801. The largest absolute Gasteiger partial charge is 0.435 e. The molecule has 2 aromatic carbocycles. The highest BCUT2D eigenvalue weighted by Crippen LogP contribution is 2.39. The molecule has 1 saturated heterocycles. The molecule has 3 rings (SSSR count). The number of rotatable bonds is 6. The number of carbonyl (C=O) groups excluding carboxylic acids is 1. The van der Waals surface area contributed by atoms with Gasteiger partial charge in [0.05, 0.1) is 15.2 Å². The molecule has 1 aliphatic heterocycles. The van der Waals surface area contributed by atoms with Crippen LogP contribution in [0.5, 0.6) is 5.75 Å². The molecule has 0 N–H and O–H groups in total. The topological polar surface area (TPSA) is 63.7 Å². The van der Waals surface area contributed by atoms with Gasteiger partial charge >= 0.3 is 12.8 Å². The maximum atomic E-state index is 13.3. The molecular formula is C23H24F5NO4S. The predicted molar refractivity (Wildman–Crippen MR) is 114 cm³/mol. The van der Waals surface area contributed by atoms with Gasteiger partial charge in [-0.25, -0.2) is 8.42 Å². The van der Waals surface area contributed by atoms with Gasteiger partial charge in [-0.1, -0.05) is 6.07 Å². The molecule has 34 heavy (non-hydrogen) atoms. The lowest BCUT2D eigenvalue weighted by Gasteiger charge is -2.40. The zero-order valence-electron chi connectivity index (χ0n) is 18.5. The molecule has 1 fully saturated rings. The van der Waals surface area contributed by atoms with Gasteiger partial charge in [0.25, 0.3) is 5.91 Å². The molecule has 0 aromatic heterocycles. The van der Waals surface area contributed by atoms with Gasteiger partial charge in [-0.15, -0.1) is 0 Å². The molecule has 1 heterocycles. The average Bonchev–Trinajstić information content (AvgIpc) is 2.78. The van der Waals surface area contributed by atoms with Crippen LogP contribution in [0.3, 0.4) is 0 Å². The Morgan fingerprint density at radius 2 is 1.62 bits per heavy atom. The first kappa shape index (κ1) is 25.9. The first-order valence-corrected chi connectivity index (χ1v) is 12.0. The van der Waals surface area contributed by atoms with E-state index in [-0.39, 0.29) is 30.3 Å². The zero-order valence-corrected chi connectivity index (χ0v) is 19.3. The third-order valence-electron chi connectivity index (χ3n) is 6.26. The van der Waals surface area contributed by atoms with Crippen LogP contribution < -0.4 is 4.74 Å². The van der Waals surface area contributed by atoms with E-state index in [2.05, 4.69) is 4.74 Å². The minimum atomic E-state index is -4.66. The summed E-state index contributed by atoms with van der Waals surface area (Å²) in [6, 6.07) is 8.96. The molecule has 5 nitrogen and oxygen atoms in total. The molecule has 1 aliphatic rings. The van der Waals surface area contributed by atoms with Crippen molar-refractivity contribution in [2.75, 3.05) is 13.1 Å². The number of ether oxygens (including phenoxy) is 1. The number of likely N-dealkylation sites (tertiary alicyclic amines) is 1. The van der Waals surface area contributed by atoms with E-state index in [4.69, 9.17) is 0 Å². The Balaban J connectivity index is 1.70. The number of benzene rings is 2. The van der Waals surface area contributed by atoms with E-state index < -0.39 is 43.7 Å². The normalized spacial score (nSPS) is 16.1. The number of nitrogens with zero attached hydrogens (tertiary/aromatic N) is 1. The number of halogens is 5. The van der Waals surface area contributed by atoms with E-state index in [9.17, 15) is 35.2 Å². The van der Waals surface area contributed by atoms with Crippen molar-refractivity contribution in [3.05, 3.63) is 59.7 Å². The van der Waals surface area contributed by atoms with Crippen LogP contribution in [0.2, 0.25) is 0 Å². The zero-order chi connectivity index (χ0) is 25.3. The van der Waals surface area contributed by atoms with Crippen molar-refractivity contribution in [2.24, 2.45) is 5.92 Å². The smallest absolute Gasteiger partial charge is 0.416 e. The Morgan fingerprint density at radius 3 is 2.15 bits per heavy atom. The van der Waals surface area contributed by atoms with E-state index in [1.54, 1.807) is 0 Å². The minimum absolute atomic E-state index is 0.0770. The molecule has 0 radical (unpaired) electrons. The summed E-state index contributed by atoms with van der Waals surface area (Å²) in [7, 11) is -4.10. The summed E-state index contributed by atoms with van der Waals surface area (Å²) in [5, 5.41) is 0. The second kappa shape index (κ2) is 9.52. The van der Waals surface area contributed by atoms with Gasteiger partial charge in [0, 0.05) is 18.7 Å². The number of sulfone groups is 1. The number of carbonyl (C=O) groups is 1.